The third-order valence-corrected chi connectivity index (χ3v) is 5.03. The second kappa shape index (κ2) is 5.26. The lowest BCUT2D eigenvalue weighted by Gasteiger charge is -2.24. The van der Waals surface area contributed by atoms with E-state index < -0.39 is 0 Å². The third kappa shape index (κ3) is 2.56. The molecule has 0 N–H and O–H groups in total. The molecule has 1 aromatic rings. The minimum atomic E-state index is -0.0240. The molecule has 1 aliphatic carbocycles. The van der Waals surface area contributed by atoms with Gasteiger partial charge < -0.3 is 0 Å². The molecule has 1 aromatic carbocycles. The average molecular weight is 278 g/mol. The Balaban J connectivity index is 1.70. The van der Waals surface area contributed by atoms with Crippen molar-refractivity contribution in [3.05, 3.63) is 34.9 Å². The molecule has 102 valence electrons. The molecule has 0 bridgehead atoms. The number of nitrogens with zero attached hydrogens (tertiary/aromatic N) is 1. The molecule has 2 aliphatic rings. The van der Waals surface area contributed by atoms with Gasteiger partial charge in [0.15, 0.2) is 5.78 Å². The van der Waals surface area contributed by atoms with Crippen LogP contribution < -0.4 is 0 Å². The second-order valence-electron chi connectivity index (χ2n) is 5.96. The molecule has 0 aromatic heterocycles. The monoisotopic (exact) mass is 277 g/mol. The number of carbonyl (C=O) groups is 1. The summed E-state index contributed by atoms with van der Waals surface area (Å²) in [5, 5.41) is 0.636. The SMILES string of the molecule is CC(C(=O)c1cccc(Cl)c1)N1CC2CCCC2C1. The van der Waals surface area contributed by atoms with Gasteiger partial charge in [-0.05, 0) is 43.7 Å². The number of halogens is 1. The maximum absolute atomic E-state index is 12.5. The summed E-state index contributed by atoms with van der Waals surface area (Å²) in [5.74, 6) is 1.85. The number of fused-ring (bicyclic) bond motifs is 1. The van der Waals surface area contributed by atoms with Gasteiger partial charge in [0.1, 0.15) is 0 Å². The van der Waals surface area contributed by atoms with Crippen molar-refractivity contribution in [1.82, 2.24) is 4.90 Å². The van der Waals surface area contributed by atoms with E-state index in [9.17, 15) is 4.79 Å². The maximum Gasteiger partial charge on any atom is 0.179 e. The minimum Gasteiger partial charge on any atom is -0.293 e. The molecule has 1 saturated heterocycles. The number of carbonyl (C=O) groups excluding carboxylic acids is 1. The highest BCUT2D eigenvalue weighted by atomic mass is 35.5. The van der Waals surface area contributed by atoms with E-state index in [1.807, 2.05) is 25.1 Å². The van der Waals surface area contributed by atoms with Crippen LogP contribution in [-0.4, -0.2) is 29.8 Å². The van der Waals surface area contributed by atoms with Crippen LogP contribution in [0.25, 0.3) is 0 Å². The number of rotatable bonds is 3. The molecule has 2 fully saturated rings. The van der Waals surface area contributed by atoms with Crippen molar-refractivity contribution in [3.8, 4) is 0 Å². The molecule has 1 heterocycles. The van der Waals surface area contributed by atoms with Gasteiger partial charge in [-0.1, -0.05) is 30.2 Å². The number of hydrogen-bond acceptors (Lipinski definition) is 2. The average Bonchev–Trinajstić information content (AvgIpc) is 2.97. The van der Waals surface area contributed by atoms with Gasteiger partial charge in [0.05, 0.1) is 6.04 Å². The van der Waals surface area contributed by atoms with E-state index in [2.05, 4.69) is 4.90 Å². The highest BCUT2D eigenvalue weighted by molar-refractivity contribution is 6.31. The first-order valence-electron chi connectivity index (χ1n) is 7.19. The molecule has 3 unspecified atom stereocenters. The summed E-state index contributed by atoms with van der Waals surface area (Å²) in [4.78, 5) is 14.9. The van der Waals surface area contributed by atoms with Crippen LogP contribution in [0.4, 0.5) is 0 Å². The third-order valence-electron chi connectivity index (χ3n) is 4.79. The highest BCUT2D eigenvalue weighted by Crippen LogP contribution is 2.38. The lowest BCUT2D eigenvalue weighted by molar-refractivity contribution is 0.0858. The Bertz CT molecular complexity index is 475. The van der Waals surface area contributed by atoms with Gasteiger partial charge in [0.25, 0.3) is 0 Å². The largest absolute Gasteiger partial charge is 0.293 e. The van der Waals surface area contributed by atoms with Crippen LogP contribution in [0, 0.1) is 11.8 Å². The van der Waals surface area contributed by atoms with E-state index in [1.54, 1.807) is 6.07 Å². The summed E-state index contributed by atoms with van der Waals surface area (Å²) in [6.45, 7) is 4.22. The summed E-state index contributed by atoms with van der Waals surface area (Å²) in [6.07, 6.45) is 4.07. The lowest BCUT2D eigenvalue weighted by Crippen LogP contribution is -2.38. The molecule has 0 spiro atoms. The Labute approximate surface area is 119 Å². The van der Waals surface area contributed by atoms with Gasteiger partial charge in [0, 0.05) is 23.7 Å². The Morgan fingerprint density at radius 1 is 1.32 bits per heavy atom. The number of Topliss-reactive ketones (excluding diaryl/α,β-unsaturated/α-hetero) is 1. The minimum absolute atomic E-state index is 0.0240. The van der Waals surface area contributed by atoms with Gasteiger partial charge in [-0.25, -0.2) is 0 Å². The summed E-state index contributed by atoms with van der Waals surface area (Å²) in [6, 6.07) is 7.27. The molecular weight excluding hydrogens is 258 g/mol. The zero-order valence-electron chi connectivity index (χ0n) is 11.3. The zero-order valence-corrected chi connectivity index (χ0v) is 12.1. The summed E-state index contributed by atoms with van der Waals surface area (Å²) >= 11 is 5.97. The Kier molecular flexibility index (Phi) is 3.64. The van der Waals surface area contributed by atoms with Gasteiger partial charge in [-0.3, -0.25) is 9.69 Å². The quantitative estimate of drug-likeness (QED) is 0.786. The number of benzene rings is 1. The van der Waals surface area contributed by atoms with Gasteiger partial charge >= 0.3 is 0 Å². The van der Waals surface area contributed by atoms with Crippen molar-refractivity contribution in [2.45, 2.75) is 32.2 Å². The Morgan fingerprint density at radius 2 is 2.00 bits per heavy atom. The smallest absolute Gasteiger partial charge is 0.179 e. The second-order valence-corrected chi connectivity index (χ2v) is 6.39. The molecule has 19 heavy (non-hydrogen) atoms. The Morgan fingerprint density at radius 3 is 2.63 bits per heavy atom. The fraction of sp³-hybridized carbons (Fsp3) is 0.562. The predicted molar refractivity (Wildman–Crippen MR) is 77.6 cm³/mol. The topological polar surface area (TPSA) is 20.3 Å². The van der Waals surface area contributed by atoms with Gasteiger partial charge in [-0.2, -0.15) is 0 Å². The van der Waals surface area contributed by atoms with Gasteiger partial charge in [-0.15, -0.1) is 0 Å². The molecule has 3 atom stereocenters. The lowest BCUT2D eigenvalue weighted by atomic mass is 10.0. The molecule has 2 nitrogen and oxygen atoms in total. The normalized spacial score (nSPS) is 28.3. The van der Waals surface area contributed by atoms with Gasteiger partial charge in [0.2, 0.25) is 0 Å². The van der Waals surface area contributed by atoms with Crippen molar-refractivity contribution >= 4 is 17.4 Å². The van der Waals surface area contributed by atoms with Crippen LogP contribution in [0.1, 0.15) is 36.5 Å². The standard InChI is InChI=1S/C16H20ClNO/c1-11(16(19)12-4-3-7-15(17)8-12)18-9-13-5-2-6-14(13)10-18/h3-4,7-8,11,13-14H,2,5-6,9-10H2,1H3. The zero-order chi connectivity index (χ0) is 13.4. The first kappa shape index (κ1) is 13.1. The van der Waals surface area contributed by atoms with Crippen molar-refractivity contribution < 1.29 is 4.79 Å². The number of hydrogen-bond donors (Lipinski definition) is 0. The van der Waals surface area contributed by atoms with Crippen LogP contribution >= 0.6 is 11.6 Å². The van der Waals surface area contributed by atoms with E-state index >= 15 is 0 Å². The van der Waals surface area contributed by atoms with Crippen molar-refractivity contribution in [3.63, 3.8) is 0 Å². The molecule has 0 radical (unpaired) electrons. The number of likely N-dealkylation sites (tertiary alicyclic amines) is 1. The number of ketones is 1. The van der Waals surface area contributed by atoms with E-state index in [0.717, 1.165) is 30.5 Å². The van der Waals surface area contributed by atoms with Crippen LogP contribution in [0.15, 0.2) is 24.3 Å². The van der Waals surface area contributed by atoms with E-state index in [1.165, 1.54) is 19.3 Å². The Hall–Kier alpha value is -0.860. The van der Waals surface area contributed by atoms with E-state index in [0.29, 0.717) is 5.02 Å². The van der Waals surface area contributed by atoms with Crippen LogP contribution in [0.3, 0.4) is 0 Å². The first-order chi connectivity index (χ1) is 9.15. The van der Waals surface area contributed by atoms with Crippen molar-refractivity contribution in [1.29, 1.82) is 0 Å². The fourth-order valence-corrected chi connectivity index (χ4v) is 3.83. The molecule has 1 saturated carbocycles. The van der Waals surface area contributed by atoms with Crippen LogP contribution in [-0.2, 0) is 0 Å². The van der Waals surface area contributed by atoms with Crippen molar-refractivity contribution in [2.24, 2.45) is 11.8 Å². The molecule has 3 heteroatoms. The summed E-state index contributed by atoms with van der Waals surface area (Å²) in [5.41, 5.74) is 0.733. The fourth-order valence-electron chi connectivity index (χ4n) is 3.64. The molecule has 1 aliphatic heterocycles. The molecule has 0 amide bonds. The summed E-state index contributed by atoms with van der Waals surface area (Å²) < 4.78 is 0. The first-order valence-corrected chi connectivity index (χ1v) is 7.57. The van der Waals surface area contributed by atoms with Crippen LogP contribution in [0.2, 0.25) is 5.02 Å². The highest BCUT2D eigenvalue weighted by Gasteiger charge is 2.39. The molecule has 3 rings (SSSR count). The summed E-state index contributed by atoms with van der Waals surface area (Å²) in [7, 11) is 0. The predicted octanol–water partition coefficient (Wildman–Crippen LogP) is 3.64. The van der Waals surface area contributed by atoms with E-state index in [-0.39, 0.29) is 11.8 Å². The maximum atomic E-state index is 12.5. The molecular formula is C16H20ClNO. The van der Waals surface area contributed by atoms with Crippen molar-refractivity contribution in [2.75, 3.05) is 13.1 Å². The van der Waals surface area contributed by atoms with Crippen LogP contribution in [0.5, 0.6) is 0 Å². The van der Waals surface area contributed by atoms with E-state index in [4.69, 9.17) is 11.6 Å².